The van der Waals surface area contributed by atoms with Crippen LogP contribution >= 0.6 is 0 Å². The lowest BCUT2D eigenvalue weighted by Crippen LogP contribution is -2.43. The van der Waals surface area contributed by atoms with E-state index in [-0.39, 0.29) is 17.9 Å². The van der Waals surface area contributed by atoms with Crippen molar-refractivity contribution in [1.29, 1.82) is 5.26 Å². The van der Waals surface area contributed by atoms with Gasteiger partial charge in [-0.05, 0) is 26.3 Å². The van der Waals surface area contributed by atoms with Crippen LogP contribution in [-0.4, -0.2) is 37.1 Å². The Morgan fingerprint density at radius 2 is 2.47 bits per heavy atom. The number of hydrogen-bond acceptors (Lipinski definition) is 4. The minimum atomic E-state index is -0.121. The lowest BCUT2D eigenvalue weighted by molar-refractivity contribution is -0.147. The minimum Gasteiger partial charge on any atom is -0.469 e. The van der Waals surface area contributed by atoms with Crippen LogP contribution in [0.15, 0.2) is 0 Å². The van der Waals surface area contributed by atoms with Crippen LogP contribution in [-0.2, 0) is 9.53 Å². The molecule has 0 amide bonds. The molecule has 1 saturated heterocycles. The fourth-order valence-electron chi connectivity index (χ4n) is 2.03. The van der Waals surface area contributed by atoms with Crippen molar-refractivity contribution in [3.05, 3.63) is 0 Å². The van der Waals surface area contributed by atoms with Gasteiger partial charge in [-0.15, -0.1) is 0 Å². The number of hydrogen-bond donors (Lipinski definition) is 0. The van der Waals surface area contributed by atoms with E-state index in [9.17, 15) is 4.79 Å². The zero-order valence-corrected chi connectivity index (χ0v) is 9.40. The molecular formula is C11H18N2O2. The second kappa shape index (κ2) is 5.72. The lowest BCUT2D eigenvalue weighted by atomic mass is 9.96. The summed E-state index contributed by atoms with van der Waals surface area (Å²) in [5.74, 6) is -0.131. The van der Waals surface area contributed by atoms with E-state index in [4.69, 9.17) is 10.00 Å². The first-order valence-electron chi connectivity index (χ1n) is 5.38. The molecule has 0 saturated carbocycles. The van der Waals surface area contributed by atoms with Gasteiger partial charge in [0.15, 0.2) is 0 Å². The molecule has 2 unspecified atom stereocenters. The second-order valence-corrected chi connectivity index (χ2v) is 4.07. The summed E-state index contributed by atoms with van der Waals surface area (Å²) in [6, 6.07) is 2.40. The molecule has 4 heteroatoms. The Kier molecular flexibility index (Phi) is 4.57. The van der Waals surface area contributed by atoms with Crippen molar-refractivity contribution in [3.8, 4) is 6.07 Å². The molecule has 0 aromatic heterocycles. The van der Waals surface area contributed by atoms with E-state index >= 15 is 0 Å². The highest BCUT2D eigenvalue weighted by atomic mass is 16.5. The maximum absolute atomic E-state index is 11.4. The average Bonchev–Trinajstić information content (AvgIpc) is 2.28. The highest BCUT2D eigenvalue weighted by molar-refractivity contribution is 5.72. The van der Waals surface area contributed by atoms with Crippen molar-refractivity contribution < 1.29 is 9.53 Å². The quantitative estimate of drug-likeness (QED) is 0.656. The molecular weight excluding hydrogens is 192 g/mol. The van der Waals surface area contributed by atoms with Gasteiger partial charge in [0.25, 0.3) is 0 Å². The number of methoxy groups -OCH3 is 1. The number of piperidine rings is 1. The van der Waals surface area contributed by atoms with Gasteiger partial charge in [0.2, 0.25) is 0 Å². The molecule has 0 bridgehead atoms. The maximum Gasteiger partial charge on any atom is 0.309 e. The zero-order chi connectivity index (χ0) is 11.3. The summed E-state index contributed by atoms with van der Waals surface area (Å²) in [6.45, 7) is 3.74. The van der Waals surface area contributed by atoms with Crippen molar-refractivity contribution in [3.63, 3.8) is 0 Å². The van der Waals surface area contributed by atoms with E-state index < -0.39 is 0 Å². The van der Waals surface area contributed by atoms with E-state index in [1.807, 2.05) is 6.92 Å². The molecule has 0 N–H and O–H groups in total. The normalized spacial score (nSPS) is 24.2. The summed E-state index contributed by atoms with van der Waals surface area (Å²) < 4.78 is 4.75. The van der Waals surface area contributed by atoms with Crippen molar-refractivity contribution in [2.75, 3.05) is 20.2 Å². The van der Waals surface area contributed by atoms with Crippen LogP contribution in [0.3, 0.4) is 0 Å². The lowest BCUT2D eigenvalue weighted by Gasteiger charge is -2.34. The van der Waals surface area contributed by atoms with Crippen LogP contribution in [0.4, 0.5) is 0 Å². The van der Waals surface area contributed by atoms with Crippen LogP contribution in [0.1, 0.15) is 26.2 Å². The summed E-state index contributed by atoms with van der Waals surface area (Å²) in [7, 11) is 1.43. The Labute approximate surface area is 90.8 Å². The minimum absolute atomic E-state index is 0.00936. The third kappa shape index (κ3) is 3.21. The number of carbonyl (C=O) groups excluding carboxylic acids is 1. The Hall–Kier alpha value is -1.08. The predicted octanol–water partition coefficient (Wildman–Crippen LogP) is 1.17. The molecule has 0 aromatic carbocycles. The van der Waals surface area contributed by atoms with Crippen LogP contribution in [0.2, 0.25) is 0 Å². The van der Waals surface area contributed by atoms with Crippen LogP contribution in [0.5, 0.6) is 0 Å². The van der Waals surface area contributed by atoms with Crippen molar-refractivity contribution >= 4 is 5.97 Å². The first kappa shape index (κ1) is 12.0. The van der Waals surface area contributed by atoms with E-state index in [0.717, 1.165) is 25.9 Å². The number of nitriles is 1. The third-order valence-electron chi connectivity index (χ3n) is 3.00. The standard InChI is InChI=1S/C11H18N2O2/c1-9(5-6-12)13-7-3-4-10(8-13)11(14)15-2/h9-10H,3-5,7-8H2,1-2H3. The van der Waals surface area contributed by atoms with Crippen LogP contribution in [0, 0.1) is 17.2 Å². The van der Waals surface area contributed by atoms with Gasteiger partial charge in [-0.2, -0.15) is 5.26 Å². The van der Waals surface area contributed by atoms with E-state index in [1.165, 1.54) is 7.11 Å². The first-order chi connectivity index (χ1) is 7.19. The van der Waals surface area contributed by atoms with Gasteiger partial charge in [0, 0.05) is 12.6 Å². The van der Waals surface area contributed by atoms with Gasteiger partial charge in [0.05, 0.1) is 25.5 Å². The van der Waals surface area contributed by atoms with Crippen LogP contribution in [0.25, 0.3) is 0 Å². The second-order valence-electron chi connectivity index (χ2n) is 4.07. The molecule has 0 spiro atoms. The molecule has 2 atom stereocenters. The number of ether oxygens (including phenoxy) is 1. The highest BCUT2D eigenvalue weighted by Crippen LogP contribution is 2.20. The smallest absolute Gasteiger partial charge is 0.309 e. The monoisotopic (exact) mass is 210 g/mol. The average molecular weight is 210 g/mol. The molecule has 1 aliphatic heterocycles. The summed E-state index contributed by atoms with van der Waals surface area (Å²) in [5, 5.41) is 8.62. The Balaban J connectivity index is 2.49. The van der Waals surface area contributed by atoms with Crippen molar-refractivity contribution in [1.82, 2.24) is 4.90 Å². The summed E-state index contributed by atoms with van der Waals surface area (Å²) in [5.41, 5.74) is 0. The zero-order valence-electron chi connectivity index (χ0n) is 9.40. The predicted molar refractivity (Wildman–Crippen MR) is 56.0 cm³/mol. The highest BCUT2D eigenvalue weighted by Gasteiger charge is 2.28. The summed E-state index contributed by atoms with van der Waals surface area (Å²) in [6.07, 6.45) is 2.44. The van der Waals surface area contributed by atoms with Gasteiger partial charge in [-0.1, -0.05) is 0 Å². The first-order valence-corrected chi connectivity index (χ1v) is 5.38. The van der Waals surface area contributed by atoms with Crippen molar-refractivity contribution in [2.24, 2.45) is 5.92 Å². The summed E-state index contributed by atoms with van der Waals surface area (Å²) in [4.78, 5) is 13.6. The summed E-state index contributed by atoms with van der Waals surface area (Å²) >= 11 is 0. The largest absolute Gasteiger partial charge is 0.469 e. The fourth-order valence-corrected chi connectivity index (χ4v) is 2.03. The fraction of sp³-hybridized carbons (Fsp3) is 0.818. The topological polar surface area (TPSA) is 53.3 Å². The van der Waals surface area contributed by atoms with Crippen molar-refractivity contribution in [2.45, 2.75) is 32.2 Å². The Morgan fingerprint density at radius 1 is 1.73 bits per heavy atom. The number of carbonyl (C=O) groups is 1. The molecule has 0 aliphatic carbocycles. The van der Waals surface area contributed by atoms with Crippen LogP contribution < -0.4 is 0 Å². The van der Waals surface area contributed by atoms with E-state index in [1.54, 1.807) is 0 Å². The molecule has 4 nitrogen and oxygen atoms in total. The number of esters is 1. The van der Waals surface area contributed by atoms with E-state index in [0.29, 0.717) is 6.42 Å². The van der Waals surface area contributed by atoms with Gasteiger partial charge < -0.3 is 4.74 Å². The molecule has 1 fully saturated rings. The molecule has 1 rings (SSSR count). The van der Waals surface area contributed by atoms with Gasteiger partial charge in [0.1, 0.15) is 0 Å². The number of likely N-dealkylation sites (tertiary alicyclic amines) is 1. The Morgan fingerprint density at radius 3 is 3.07 bits per heavy atom. The van der Waals surface area contributed by atoms with Gasteiger partial charge >= 0.3 is 5.97 Å². The molecule has 1 aliphatic rings. The molecule has 84 valence electrons. The molecule has 0 radical (unpaired) electrons. The molecule has 15 heavy (non-hydrogen) atoms. The number of rotatable bonds is 3. The third-order valence-corrected chi connectivity index (χ3v) is 3.00. The Bertz CT molecular complexity index is 260. The number of nitrogens with zero attached hydrogens (tertiary/aromatic N) is 2. The molecule has 0 aromatic rings. The van der Waals surface area contributed by atoms with E-state index in [2.05, 4.69) is 11.0 Å². The maximum atomic E-state index is 11.4. The van der Waals surface area contributed by atoms with Gasteiger partial charge in [-0.3, -0.25) is 9.69 Å². The molecule has 1 heterocycles. The van der Waals surface area contributed by atoms with Gasteiger partial charge in [-0.25, -0.2) is 0 Å². The SMILES string of the molecule is COC(=O)C1CCCN(C(C)CC#N)C1.